The molecule has 0 atom stereocenters. The number of alkyl halides is 2. The van der Waals surface area contributed by atoms with Crippen molar-refractivity contribution in [1.82, 2.24) is 5.06 Å². The Labute approximate surface area is 110 Å². The SMILES string of the molecule is CC.CON(C)C(=O)c1ccc(C(C)(F)F)c(F)c1. The lowest BCUT2D eigenvalue weighted by molar-refractivity contribution is -0.0757. The van der Waals surface area contributed by atoms with Crippen molar-refractivity contribution in [1.29, 1.82) is 0 Å². The van der Waals surface area contributed by atoms with Crippen LogP contribution in [0.15, 0.2) is 18.2 Å². The van der Waals surface area contributed by atoms with E-state index in [0.717, 1.165) is 23.3 Å². The summed E-state index contributed by atoms with van der Waals surface area (Å²) in [6, 6.07) is 2.80. The van der Waals surface area contributed by atoms with Crippen molar-refractivity contribution in [3.63, 3.8) is 0 Å². The van der Waals surface area contributed by atoms with Crippen molar-refractivity contribution in [3.05, 3.63) is 35.1 Å². The summed E-state index contributed by atoms with van der Waals surface area (Å²) in [5, 5.41) is 0.874. The first-order valence-corrected chi connectivity index (χ1v) is 5.77. The molecule has 0 radical (unpaired) electrons. The molecule has 1 amide bonds. The van der Waals surface area contributed by atoms with Crippen molar-refractivity contribution in [2.45, 2.75) is 26.7 Å². The lowest BCUT2D eigenvalue weighted by Gasteiger charge is -2.15. The number of nitrogens with zero attached hydrogens (tertiary/aromatic N) is 1. The van der Waals surface area contributed by atoms with Crippen LogP contribution >= 0.6 is 0 Å². The Morgan fingerprint density at radius 3 is 2.21 bits per heavy atom. The Morgan fingerprint density at radius 1 is 1.32 bits per heavy atom. The molecule has 0 unspecified atom stereocenters. The Kier molecular flexibility index (Phi) is 6.55. The van der Waals surface area contributed by atoms with Gasteiger partial charge >= 0.3 is 0 Å². The molecule has 1 aromatic carbocycles. The van der Waals surface area contributed by atoms with Crippen LogP contribution in [0.4, 0.5) is 13.2 Å². The molecule has 0 saturated carbocycles. The van der Waals surface area contributed by atoms with Gasteiger partial charge in [0.1, 0.15) is 5.82 Å². The highest BCUT2D eigenvalue weighted by Crippen LogP contribution is 2.29. The van der Waals surface area contributed by atoms with Gasteiger partial charge in [0, 0.05) is 19.5 Å². The fourth-order valence-corrected chi connectivity index (χ4v) is 1.27. The van der Waals surface area contributed by atoms with Crippen LogP contribution in [0.3, 0.4) is 0 Å². The Balaban J connectivity index is 0.00000154. The van der Waals surface area contributed by atoms with Gasteiger partial charge in [-0.1, -0.05) is 13.8 Å². The Morgan fingerprint density at radius 2 is 1.84 bits per heavy atom. The van der Waals surface area contributed by atoms with Crippen LogP contribution in [0.2, 0.25) is 0 Å². The van der Waals surface area contributed by atoms with Crippen molar-refractivity contribution in [2.24, 2.45) is 0 Å². The van der Waals surface area contributed by atoms with Gasteiger partial charge in [-0.05, 0) is 18.2 Å². The number of amides is 1. The molecule has 0 aromatic heterocycles. The molecule has 1 aromatic rings. The normalized spacial score (nSPS) is 10.5. The zero-order valence-electron chi connectivity index (χ0n) is 11.6. The molecule has 0 N–H and O–H groups in total. The van der Waals surface area contributed by atoms with Crippen LogP contribution in [0, 0.1) is 5.82 Å². The molecule has 0 spiro atoms. The van der Waals surface area contributed by atoms with Gasteiger partial charge < -0.3 is 0 Å². The molecule has 0 aliphatic rings. The van der Waals surface area contributed by atoms with Gasteiger partial charge in [0.15, 0.2) is 0 Å². The van der Waals surface area contributed by atoms with Gasteiger partial charge in [0.05, 0.1) is 12.7 Å². The van der Waals surface area contributed by atoms with E-state index in [2.05, 4.69) is 4.84 Å². The average Bonchev–Trinajstić information content (AvgIpc) is 2.37. The van der Waals surface area contributed by atoms with E-state index in [1.54, 1.807) is 0 Å². The minimum absolute atomic E-state index is 0.0557. The maximum Gasteiger partial charge on any atom is 0.277 e. The summed E-state index contributed by atoms with van der Waals surface area (Å²) in [6.45, 7) is 4.59. The van der Waals surface area contributed by atoms with E-state index in [0.29, 0.717) is 6.92 Å². The second-order valence-corrected chi connectivity index (χ2v) is 3.57. The van der Waals surface area contributed by atoms with Gasteiger partial charge in [0.2, 0.25) is 0 Å². The highest BCUT2D eigenvalue weighted by atomic mass is 19.3. The van der Waals surface area contributed by atoms with E-state index in [1.165, 1.54) is 14.2 Å². The molecule has 0 heterocycles. The molecular formula is C13H18F3NO2. The van der Waals surface area contributed by atoms with Gasteiger partial charge in [-0.15, -0.1) is 0 Å². The third kappa shape index (κ3) is 4.55. The number of benzene rings is 1. The van der Waals surface area contributed by atoms with Gasteiger partial charge in [-0.2, -0.15) is 0 Å². The monoisotopic (exact) mass is 277 g/mol. The lowest BCUT2D eigenvalue weighted by atomic mass is 10.1. The average molecular weight is 277 g/mol. The van der Waals surface area contributed by atoms with E-state index in [9.17, 15) is 18.0 Å². The lowest BCUT2D eigenvalue weighted by Crippen LogP contribution is -2.25. The third-order valence-corrected chi connectivity index (χ3v) is 2.25. The van der Waals surface area contributed by atoms with E-state index >= 15 is 0 Å². The molecule has 3 nitrogen and oxygen atoms in total. The largest absolute Gasteiger partial charge is 0.277 e. The van der Waals surface area contributed by atoms with Crippen LogP contribution < -0.4 is 0 Å². The van der Waals surface area contributed by atoms with Crippen LogP contribution in [0.5, 0.6) is 0 Å². The molecule has 1 rings (SSSR count). The third-order valence-electron chi connectivity index (χ3n) is 2.25. The second kappa shape index (κ2) is 7.13. The molecule has 0 fully saturated rings. The number of hydrogen-bond acceptors (Lipinski definition) is 2. The maximum atomic E-state index is 13.4. The minimum Gasteiger partial charge on any atom is -0.274 e. The summed E-state index contributed by atoms with van der Waals surface area (Å²) in [6.07, 6.45) is 0. The number of hydrogen-bond donors (Lipinski definition) is 0. The van der Waals surface area contributed by atoms with Crippen LogP contribution in [0.1, 0.15) is 36.7 Å². The van der Waals surface area contributed by atoms with Crippen LogP contribution in [-0.4, -0.2) is 25.1 Å². The highest BCUT2D eigenvalue weighted by molar-refractivity contribution is 5.93. The minimum atomic E-state index is -3.28. The number of carbonyl (C=O) groups is 1. The zero-order chi connectivity index (χ0) is 15.2. The first-order valence-electron chi connectivity index (χ1n) is 5.77. The van der Waals surface area contributed by atoms with Gasteiger partial charge in [-0.3, -0.25) is 9.63 Å². The summed E-state index contributed by atoms with van der Waals surface area (Å²) in [5.74, 6) is -5.01. The zero-order valence-corrected chi connectivity index (χ0v) is 11.6. The predicted octanol–water partition coefficient (Wildman–Crippen LogP) is 3.60. The summed E-state index contributed by atoms with van der Waals surface area (Å²) in [4.78, 5) is 16.2. The Hall–Kier alpha value is -1.56. The summed E-state index contributed by atoms with van der Waals surface area (Å²) in [5.41, 5.74) is -0.797. The number of halogens is 3. The summed E-state index contributed by atoms with van der Waals surface area (Å²) >= 11 is 0. The molecule has 0 bridgehead atoms. The quantitative estimate of drug-likeness (QED) is 0.790. The first kappa shape index (κ1) is 17.4. The molecule has 6 heteroatoms. The second-order valence-electron chi connectivity index (χ2n) is 3.57. The number of hydroxylamine groups is 2. The molecule has 0 aliphatic heterocycles. The van der Waals surface area contributed by atoms with Gasteiger partial charge in [-0.25, -0.2) is 18.2 Å². The van der Waals surface area contributed by atoms with E-state index in [4.69, 9.17) is 0 Å². The smallest absolute Gasteiger partial charge is 0.274 e. The van der Waals surface area contributed by atoms with E-state index in [1.807, 2.05) is 13.8 Å². The Bertz CT molecular complexity index is 430. The topological polar surface area (TPSA) is 29.5 Å². The number of rotatable bonds is 3. The molecule has 0 aliphatic carbocycles. The molecule has 108 valence electrons. The predicted molar refractivity (Wildman–Crippen MR) is 66.4 cm³/mol. The van der Waals surface area contributed by atoms with Gasteiger partial charge in [0.25, 0.3) is 11.8 Å². The molecular weight excluding hydrogens is 259 g/mol. The standard InChI is InChI=1S/C11H12F3NO2.C2H6/c1-11(13,14)8-5-4-7(6-9(8)12)10(16)15(2)17-3;1-2/h4-6H,1-3H3;1-2H3. The van der Waals surface area contributed by atoms with Crippen molar-refractivity contribution < 1.29 is 22.8 Å². The van der Waals surface area contributed by atoms with E-state index in [-0.39, 0.29) is 5.56 Å². The fourth-order valence-electron chi connectivity index (χ4n) is 1.27. The maximum absolute atomic E-state index is 13.4. The first-order chi connectivity index (χ1) is 8.77. The highest BCUT2D eigenvalue weighted by Gasteiger charge is 2.28. The fraction of sp³-hybridized carbons (Fsp3) is 0.462. The number of carbonyl (C=O) groups excluding carboxylic acids is 1. The van der Waals surface area contributed by atoms with Crippen LogP contribution in [0.25, 0.3) is 0 Å². The summed E-state index contributed by atoms with van der Waals surface area (Å²) in [7, 11) is 2.60. The molecule has 0 saturated heterocycles. The van der Waals surface area contributed by atoms with Crippen molar-refractivity contribution >= 4 is 5.91 Å². The summed E-state index contributed by atoms with van der Waals surface area (Å²) < 4.78 is 39.2. The van der Waals surface area contributed by atoms with Crippen molar-refractivity contribution in [2.75, 3.05) is 14.2 Å². The van der Waals surface area contributed by atoms with Crippen molar-refractivity contribution in [3.8, 4) is 0 Å². The van der Waals surface area contributed by atoms with Crippen LogP contribution in [-0.2, 0) is 10.8 Å². The van der Waals surface area contributed by atoms with E-state index < -0.39 is 23.2 Å². The molecule has 19 heavy (non-hydrogen) atoms.